The molecule has 0 saturated carbocycles. The van der Waals surface area contributed by atoms with E-state index in [1.165, 1.54) is 7.05 Å². The first-order valence-electron chi connectivity index (χ1n) is 2.13. The van der Waals surface area contributed by atoms with Crippen molar-refractivity contribution in [1.29, 1.82) is 0 Å². The van der Waals surface area contributed by atoms with Crippen molar-refractivity contribution in [2.24, 2.45) is 0 Å². The van der Waals surface area contributed by atoms with Crippen molar-refractivity contribution >= 4 is 10.8 Å². The average Bonchev–Trinajstić information content (AvgIpc) is 1.67. The van der Waals surface area contributed by atoms with Crippen molar-refractivity contribution in [1.82, 2.24) is 4.72 Å². The summed E-state index contributed by atoms with van der Waals surface area (Å²) in [5, 5.41) is 0. The maximum atomic E-state index is 8.83. The molecule has 0 rings (SSSR count). The summed E-state index contributed by atoms with van der Waals surface area (Å²) in [7, 11) is -1.20. The van der Waals surface area contributed by atoms with Crippen LogP contribution in [0, 0.1) is 0 Å². The van der Waals surface area contributed by atoms with Crippen LogP contribution in [0.1, 0.15) is 6.92 Å². The zero-order valence-electron chi connectivity index (χ0n) is 5.01. The molecule has 0 aliphatic carbocycles. The molecule has 0 atom stereocenters. The number of rotatable bonds is 2. The van der Waals surface area contributed by atoms with Gasteiger partial charge in [-0.3, -0.25) is 9.11 Å². The smallest absolute Gasteiger partial charge is 0.0421 e. The van der Waals surface area contributed by atoms with E-state index in [4.69, 9.17) is 9.11 Å². The molecule has 0 bridgehead atoms. The van der Waals surface area contributed by atoms with E-state index in [-0.39, 0.29) is 0 Å². The summed E-state index contributed by atoms with van der Waals surface area (Å²) < 4.78 is 20.0. The lowest BCUT2D eigenvalue weighted by Crippen LogP contribution is -2.14. The molecule has 4 heteroatoms. The second kappa shape index (κ2) is 2.50. The normalized spacial score (nSPS) is 13.5. The molecule has 0 aromatic rings. The Bertz CT molecular complexity index is 102. The molecule has 0 aliphatic rings. The Kier molecular flexibility index (Phi) is 2.49. The summed E-state index contributed by atoms with van der Waals surface area (Å²) in [6.45, 7) is 4.93. The van der Waals surface area contributed by atoms with Gasteiger partial charge in [0.05, 0.1) is 0 Å². The highest BCUT2D eigenvalue weighted by molar-refractivity contribution is 8.25. The molecular weight excluding hydrogens is 126 g/mol. The molecule has 50 valence electrons. The topological polar surface area (TPSA) is 52.5 Å². The van der Waals surface area contributed by atoms with Crippen molar-refractivity contribution in [3.05, 3.63) is 11.5 Å². The molecule has 0 heterocycles. The molecule has 0 saturated heterocycles. The molecule has 3 N–H and O–H groups in total. The third kappa shape index (κ3) is 1.83. The van der Waals surface area contributed by atoms with Crippen molar-refractivity contribution in [2.45, 2.75) is 6.92 Å². The first kappa shape index (κ1) is 7.97. The minimum Gasteiger partial charge on any atom is -0.282 e. The second-order valence-corrected chi connectivity index (χ2v) is 3.66. The van der Waals surface area contributed by atoms with E-state index < -0.39 is 10.8 Å². The van der Waals surface area contributed by atoms with Gasteiger partial charge < -0.3 is 0 Å². The van der Waals surface area contributed by atoms with Crippen LogP contribution in [0.3, 0.4) is 0 Å². The molecule has 3 nitrogen and oxygen atoms in total. The molecule has 0 aliphatic heterocycles. The largest absolute Gasteiger partial charge is 0.282 e. The lowest BCUT2D eigenvalue weighted by molar-refractivity contribution is 0.485. The molecule has 0 spiro atoms. The first-order valence-corrected chi connectivity index (χ1v) is 3.67. The van der Waals surface area contributed by atoms with E-state index in [0.29, 0.717) is 4.91 Å². The van der Waals surface area contributed by atoms with Crippen LogP contribution in [0.2, 0.25) is 0 Å². The zero-order valence-corrected chi connectivity index (χ0v) is 5.83. The Hall–Kier alpha value is -0.0300. The van der Waals surface area contributed by atoms with E-state index in [1.807, 2.05) is 0 Å². The number of hydrogen-bond acceptors (Lipinski definition) is 3. The summed E-state index contributed by atoms with van der Waals surface area (Å²) in [4.78, 5) is 0.361. The fourth-order valence-corrected chi connectivity index (χ4v) is 0.523. The Morgan fingerprint density at radius 2 is 2.00 bits per heavy atom. The van der Waals surface area contributed by atoms with Gasteiger partial charge in [-0.25, -0.2) is 4.72 Å². The van der Waals surface area contributed by atoms with Crippen molar-refractivity contribution in [3.63, 3.8) is 0 Å². The summed E-state index contributed by atoms with van der Waals surface area (Å²) >= 11 is 0. The molecule has 0 aromatic heterocycles. The molecule has 0 fully saturated rings. The second-order valence-electron chi connectivity index (χ2n) is 1.45. The first-order chi connectivity index (χ1) is 3.50. The van der Waals surface area contributed by atoms with Gasteiger partial charge in [0, 0.05) is 12.0 Å². The predicted molar refractivity (Wildman–Crippen MR) is 36.7 cm³/mol. The minimum atomic E-state index is -2.68. The van der Waals surface area contributed by atoms with Crippen molar-refractivity contribution in [3.8, 4) is 0 Å². The fraction of sp³-hybridized carbons (Fsp3) is 0.500. The lowest BCUT2D eigenvalue weighted by atomic mass is 10.8. The average molecular weight is 137 g/mol. The maximum absolute atomic E-state index is 8.83. The highest BCUT2D eigenvalue weighted by Crippen LogP contribution is 2.40. The molecule has 0 radical (unpaired) electrons. The SMILES string of the molecule is C=C(C)S(O)(O)NC. The van der Waals surface area contributed by atoms with Gasteiger partial charge in [0.15, 0.2) is 0 Å². The van der Waals surface area contributed by atoms with Crippen LogP contribution in [0.15, 0.2) is 11.5 Å². The number of hydrogen-bond donors (Lipinski definition) is 3. The van der Waals surface area contributed by atoms with Crippen LogP contribution in [-0.4, -0.2) is 16.2 Å². The van der Waals surface area contributed by atoms with E-state index in [2.05, 4.69) is 11.3 Å². The van der Waals surface area contributed by atoms with Gasteiger partial charge >= 0.3 is 0 Å². The van der Waals surface area contributed by atoms with Crippen molar-refractivity contribution < 1.29 is 9.11 Å². The molecule has 0 unspecified atom stereocenters. The van der Waals surface area contributed by atoms with E-state index in [1.54, 1.807) is 6.92 Å². The van der Waals surface area contributed by atoms with Crippen LogP contribution in [-0.2, 0) is 0 Å². The maximum Gasteiger partial charge on any atom is 0.0421 e. The third-order valence-corrected chi connectivity index (χ3v) is 2.31. The lowest BCUT2D eigenvalue weighted by Gasteiger charge is -2.30. The van der Waals surface area contributed by atoms with Gasteiger partial charge in [0.1, 0.15) is 0 Å². The van der Waals surface area contributed by atoms with Crippen LogP contribution >= 0.6 is 10.8 Å². The highest BCUT2D eigenvalue weighted by atomic mass is 32.3. The quantitative estimate of drug-likeness (QED) is 0.539. The zero-order chi connectivity index (χ0) is 6.78. The summed E-state index contributed by atoms with van der Waals surface area (Å²) in [6.07, 6.45) is 0. The fourth-order valence-electron chi connectivity index (χ4n) is 0.174. The Morgan fingerprint density at radius 1 is 1.62 bits per heavy atom. The Morgan fingerprint density at radius 3 is 2.00 bits per heavy atom. The standard InChI is InChI=1S/C4H11NO2S/c1-4(2)8(6,7)5-3/h5-7H,1H2,2-3H3. The third-order valence-electron chi connectivity index (χ3n) is 0.771. The Balaban J connectivity index is 3.91. The Labute approximate surface area is 50.9 Å². The predicted octanol–water partition coefficient (Wildman–Crippen LogP) is 1.41. The van der Waals surface area contributed by atoms with Gasteiger partial charge in [-0.15, -0.1) is 10.8 Å². The summed E-state index contributed by atoms with van der Waals surface area (Å²) in [6, 6.07) is 0. The molecule has 0 amide bonds. The molecule has 8 heavy (non-hydrogen) atoms. The summed E-state index contributed by atoms with van der Waals surface area (Å²) in [5.41, 5.74) is 0. The van der Waals surface area contributed by atoms with Gasteiger partial charge in [-0.05, 0) is 6.92 Å². The van der Waals surface area contributed by atoms with E-state index in [0.717, 1.165) is 0 Å². The summed E-state index contributed by atoms with van der Waals surface area (Å²) in [5.74, 6) is 0. The van der Waals surface area contributed by atoms with Crippen LogP contribution in [0.5, 0.6) is 0 Å². The van der Waals surface area contributed by atoms with Gasteiger partial charge in [-0.2, -0.15) is 0 Å². The van der Waals surface area contributed by atoms with E-state index >= 15 is 0 Å². The molecular formula is C4H11NO2S. The molecule has 0 aromatic carbocycles. The monoisotopic (exact) mass is 137 g/mol. The van der Waals surface area contributed by atoms with Crippen LogP contribution in [0.25, 0.3) is 0 Å². The van der Waals surface area contributed by atoms with Crippen LogP contribution < -0.4 is 4.72 Å². The highest BCUT2D eigenvalue weighted by Gasteiger charge is 2.06. The van der Waals surface area contributed by atoms with Gasteiger partial charge in [0.25, 0.3) is 0 Å². The van der Waals surface area contributed by atoms with Crippen molar-refractivity contribution in [2.75, 3.05) is 7.05 Å². The van der Waals surface area contributed by atoms with E-state index in [9.17, 15) is 0 Å². The van der Waals surface area contributed by atoms with Gasteiger partial charge in [-0.1, -0.05) is 6.58 Å². The minimum absolute atomic E-state index is 0.361. The van der Waals surface area contributed by atoms with Gasteiger partial charge in [0.2, 0.25) is 0 Å². The van der Waals surface area contributed by atoms with Crippen LogP contribution in [0.4, 0.5) is 0 Å². The number of nitrogens with one attached hydrogen (secondary N) is 1. The number of allylic oxidation sites excluding steroid dienone is 1.